The van der Waals surface area contributed by atoms with Gasteiger partial charge in [0.15, 0.2) is 0 Å². The number of benzene rings is 1. The van der Waals surface area contributed by atoms with E-state index in [4.69, 9.17) is 5.73 Å². The fourth-order valence-electron chi connectivity index (χ4n) is 1.97. The highest BCUT2D eigenvalue weighted by atomic mass is 19.1. The van der Waals surface area contributed by atoms with E-state index in [1.807, 2.05) is 32.8 Å². The molecule has 0 radical (unpaired) electrons. The molecule has 0 aliphatic rings. The van der Waals surface area contributed by atoms with E-state index in [0.29, 0.717) is 5.56 Å². The van der Waals surface area contributed by atoms with Crippen molar-refractivity contribution < 1.29 is 8.78 Å². The lowest BCUT2D eigenvalue weighted by molar-refractivity contribution is 0.255. The number of hydrogen-bond donors (Lipinski definition) is 1. The van der Waals surface area contributed by atoms with Crippen molar-refractivity contribution >= 4 is 0 Å². The molecule has 0 amide bonds. The van der Waals surface area contributed by atoms with Crippen molar-refractivity contribution in [2.45, 2.75) is 38.3 Å². The van der Waals surface area contributed by atoms with Gasteiger partial charge in [0, 0.05) is 23.2 Å². The van der Waals surface area contributed by atoms with Crippen LogP contribution in [0, 0.1) is 11.6 Å². The summed E-state index contributed by atoms with van der Waals surface area (Å²) < 4.78 is 26.7. The number of rotatable bonds is 5. The second-order valence-electron chi connectivity index (χ2n) is 5.67. The molecule has 0 fully saturated rings. The van der Waals surface area contributed by atoms with Crippen molar-refractivity contribution in [2.75, 3.05) is 14.1 Å². The molecule has 1 unspecified atom stereocenters. The van der Waals surface area contributed by atoms with Crippen LogP contribution in [0.25, 0.3) is 0 Å². The lowest BCUT2D eigenvalue weighted by Crippen LogP contribution is -2.33. The second-order valence-corrected chi connectivity index (χ2v) is 5.67. The van der Waals surface area contributed by atoms with E-state index in [0.717, 1.165) is 18.9 Å². The lowest BCUT2D eigenvalue weighted by Gasteiger charge is -2.28. The maximum atomic E-state index is 13.8. The molecule has 102 valence electrons. The maximum Gasteiger partial charge on any atom is 0.130 e. The van der Waals surface area contributed by atoms with Crippen LogP contribution in [0.4, 0.5) is 8.78 Å². The molecular weight excluding hydrogens is 234 g/mol. The highest BCUT2D eigenvalue weighted by molar-refractivity contribution is 5.22. The predicted molar refractivity (Wildman–Crippen MR) is 70.3 cm³/mol. The molecule has 1 aromatic rings. The first-order chi connectivity index (χ1) is 8.20. The third-order valence-electron chi connectivity index (χ3n) is 3.01. The average molecular weight is 256 g/mol. The molecule has 18 heavy (non-hydrogen) atoms. The van der Waals surface area contributed by atoms with Crippen LogP contribution >= 0.6 is 0 Å². The van der Waals surface area contributed by atoms with Crippen LogP contribution in [-0.2, 0) is 0 Å². The minimum absolute atomic E-state index is 0.0894. The molecule has 0 bridgehead atoms. The number of nitrogens with two attached hydrogens (primary N) is 1. The van der Waals surface area contributed by atoms with Gasteiger partial charge >= 0.3 is 0 Å². The van der Waals surface area contributed by atoms with Crippen LogP contribution in [0.15, 0.2) is 18.2 Å². The smallest absolute Gasteiger partial charge is 0.130 e. The second kappa shape index (κ2) is 5.76. The zero-order chi connectivity index (χ0) is 13.9. The van der Waals surface area contributed by atoms with Crippen LogP contribution in [0.3, 0.4) is 0 Å². The summed E-state index contributed by atoms with van der Waals surface area (Å²) in [5.41, 5.74) is 6.18. The van der Waals surface area contributed by atoms with Crippen molar-refractivity contribution in [3.05, 3.63) is 35.4 Å². The first kappa shape index (κ1) is 15.1. The van der Waals surface area contributed by atoms with E-state index in [2.05, 4.69) is 0 Å². The van der Waals surface area contributed by atoms with Crippen LogP contribution < -0.4 is 5.73 Å². The van der Waals surface area contributed by atoms with Gasteiger partial charge in [0.25, 0.3) is 0 Å². The maximum absolute atomic E-state index is 13.8. The van der Waals surface area contributed by atoms with Gasteiger partial charge in [0.2, 0.25) is 0 Å². The van der Waals surface area contributed by atoms with Gasteiger partial charge in [-0.1, -0.05) is 6.07 Å². The van der Waals surface area contributed by atoms with Crippen molar-refractivity contribution in [1.29, 1.82) is 0 Å². The Labute approximate surface area is 108 Å². The van der Waals surface area contributed by atoms with Crippen molar-refractivity contribution in [2.24, 2.45) is 5.73 Å². The zero-order valence-electron chi connectivity index (χ0n) is 11.5. The fraction of sp³-hybridized carbons (Fsp3) is 0.571. The van der Waals surface area contributed by atoms with Gasteiger partial charge in [-0.25, -0.2) is 8.78 Å². The van der Waals surface area contributed by atoms with Gasteiger partial charge in [-0.15, -0.1) is 0 Å². The van der Waals surface area contributed by atoms with Gasteiger partial charge in [0.05, 0.1) is 0 Å². The first-order valence-corrected chi connectivity index (χ1v) is 6.11. The highest BCUT2D eigenvalue weighted by Crippen LogP contribution is 2.28. The van der Waals surface area contributed by atoms with Gasteiger partial charge in [-0.3, -0.25) is 0 Å². The fourth-order valence-corrected chi connectivity index (χ4v) is 1.97. The third-order valence-corrected chi connectivity index (χ3v) is 3.01. The van der Waals surface area contributed by atoms with E-state index in [1.54, 1.807) is 0 Å². The summed E-state index contributed by atoms with van der Waals surface area (Å²) in [6.45, 7) is 3.89. The lowest BCUT2D eigenvalue weighted by atomic mass is 9.92. The van der Waals surface area contributed by atoms with Crippen LogP contribution in [0.5, 0.6) is 0 Å². The summed E-state index contributed by atoms with van der Waals surface area (Å²) in [7, 11) is 3.77. The van der Waals surface area contributed by atoms with Gasteiger partial charge in [0.1, 0.15) is 11.6 Å². The Balaban J connectivity index is 2.91. The molecule has 1 atom stereocenters. The Hall–Kier alpha value is -1.00. The molecule has 2 N–H and O–H groups in total. The van der Waals surface area contributed by atoms with E-state index in [9.17, 15) is 8.78 Å². The van der Waals surface area contributed by atoms with E-state index < -0.39 is 11.6 Å². The van der Waals surface area contributed by atoms with Crippen molar-refractivity contribution in [3.8, 4) is 0 Å². The average Bonchev–Trinajstić information content (AvgIpc) is 2.18. The topological polar surface area (TPSA) is 29.3 Å². The molecule has 0 saturated heterocycles. The Kier molecular flexibility index (Phi) is 4.82. The van der Waals surface area contributed by atoms with Crippen molar-refractivity contribution in [1.82, 2.24) is 4.90 Å². The van der Waals surface area contributed by atoms with Crippen LogP contribution in [-0.4, -0.2) is 24.5 Å². The first-order valence-electron chi connectivity index (χ1n) is 6.11. The van der Waals surface area contributed by atoms with Crippen molar-refractivity contribution in [3.63, 3.8) is 0 Å². The molecule has 4 heteroatoms. The minimum atomic E-state index is -0.548. The molecule has 1 aromatic carbocycles. The number of halogens is 2. The van der Waals surface area contributed by atoms with Crippen LogP contribution in [0.1, 0.15) is 38.3 Å². The van der Waals surface area contributed by atoms with Gasteiger partial charge in [-0.2, -0.15) is 0 Å². The third kappa shape index (κ3) is 4.35. The standard InChI is InChI=1S/C14H22F2N2/c1-14(2,17)8-7-13(18(3)4)11-6-5-10(15)9-12(11)16/h5-6,9,13H,7-8,17H2,1-4H3. The zero-order valence-corrected chi connectivity index (χ0v) is 11.5. The Morgan fingerprint density at radius 1 is 1.28 bits per heavy atom. The molecule has 2 nitrogen and oxygen atoms in total. The summed E-state index contributed by atoms with van der Waals surface area (Å²) in [6, 6.07) is 3.65. The summed E-state index contributed by atoms with van der Waals surface area (Å²) in [4.78, 5) is 1.93. The Bertz CT molecular complexity index is 397. The summed E-state index contributed by atoms with van der Waals surface area (Å²) in [5, 5.41) is 0. The molecule has 0 spiro atoms. The normalized spacial score (nSPS) is 14.0. The Morgan fingerprint density at radius 3 is 2.33 bits per heavy atom. The highest BCUT2D eigenvalue weighted by Gasteiger charge is 2.21. The summed E-state index contributed by atoms with van der Waals surface area (Å²) >= 11 is 0. The molecule has 0 aromatic heterocycles. The largest absolute Gasteiger partial charge is 0.326 e. The van der Waals surface area contributed by atoms with E-state index in [1.165, 1.54) is 12.1 Å². The molecule has 0 aliphatic heterocycles. The Morgan fingerprint density at radius 2 is 1.89 bits per heavy atom. The molecule has 1 rings (SSSR count). The van der Waals surface area contributed by atoms with Crippen LogP contribution in [0.2, 0.25) is 0 Å². The molecule has 0 saturated carbocycles. The molecule has 0 aliphatic carbocycles. The summed E-state index contributed by atoms with van der Waals surface area (Å²) in [6.07, 6.45) is 1.51. The minimum Gasteiger partial charge on any atom is -0.326 e. The van der Waals surface area contributed by atoms with E-state index in [-0.39, 0.29) is 11.6 Å². The monoisotopic (exact) mass is 256 g/mol. The molecule has 0 heterocycles. The predicted octanol–water partition coefficient (Wildman–Crippen LogP) is 3.09. The van der Waals surface area contributed by atoms with Gasteiger partial charge in [-0.05, 0) is 46.9 Å². The van der Waals surface area contributed by atoms with E-state index >= 15 is 0 Å². The quantitative estimate of drug-likeness (QED) is 0.877. The summed E-state index contributed by atoms with van der Waals surface area (Å²) in [5.74, 6) is -1.04. The number of nitrogens with zero attached hydrogens (tertiary/aromatic N) is 1. The number of hydrogen-bond acceptors (Lipinski definition) is 2. The van der Waals surface area contributed by atoms with Gasteiger partial charge < -0.3 is 10.6 Å². The molecular formula is C14H22F2N2. The SMILES string of the molecule is CN(C)C(CCC(C)(C)N)c1ccc(F)cc1F.